The van der Waals surface area contributed by atoms with Crippen molar-refractivity contribution in [2.24, 2.45) is 0 Å². The van der Waals surface area contributed by atoms with E-state index in [-0.39, 0.29) is 6.61 Å². The lowest BCUT2D eigenvalue weighted by Crippen LogP contribution is -2.37. The number of carbonyl (C=O) groups is 1. The minimum absolute atomic E-state index is 0.267. The number of hydrogen-bond acceptors (Lipinski definition) is 2. The molecule has 0 aliphatic heterocycles. The van der Waals surface area contributed by atoms with Crippen molar-refractivity contribution < 1.29 is 27.1 Å². The molecular weight excluding hydrogens is 352 g/mol. The number of halogens is 4. The molecule has 2 rings (SSSR count). The summed E-state index contributed by atoms with van der Waals surface area (Å²) in [7, 11) is 0. The summed E-state index contributed by atoms with van der Waals surface area (Å²) in [5.74, 6) is -0.876. The van der Waals surface area contributed by atoms with E-state index < -0.39 is 30.5 Å². The molecule has 1 aromatic heterocycles. The van der Waals surface area contributed by atoms with Crippen LogP contribution in [0.4, 0.5) is 17.6 Å². The summed E-state index contributed by atoms with van der Waals surface area (Å²) in [6.45, 7) is 3.34. The van der Waals surface area contributed by atoms with E-state index in [1.807, 2.05) is 0 Å². The summed E-state index contributed by atoms with van der Waals surface area (Å²) < 4.78 is 56.5. The van der Waals surface area contributed by atoms with Gasteiger partial charge in [0, 0.05) is 17.4 Å². The van der Waals surface area contributed by atoms with Crippen LogP contribution < -0.4 is 5.32 Å². The number of nitrogens with zero attached hydrogens (tertiary/aromatic N) is 1. The maximum absolute atomic E-state index is 14.1. The van der Waals surface area contributed by atoms with Gasteiger partial charge in [-0.3, -0.25) is 4.79 Å². The second-order valence-corrected chi connectivity index (χ2v) is 6.08. The minimum Gasteiger partial charge on any atom is -0.370 e. The Hall–Kier alpha value is -2.35. The Bertz CT molecular complexity index is 784. The Labute approximate surface area is 148 Å². The summed E-state index contributed by atoms with van der Waals surface area (Å²) in [4.78, 5) is 12.4. The van der Waals surface area contributed by atoms with Crippen molar-refractivity contribution >= 4 is 5.91 Å². The SMILES string of the molecule is Cc1cc(C(=O)NC(C)COCC(F)(F)F)c(C)n1-c1ccccc1F. The highest BCUT2D eigenvalue weighted by Gasteiger charge is 2.28. The first kappa shape index (κ1) is 20.0. The molecule has 26 heavy (non-hydrogen) atoms. The normalized spacial score (nSPS) is 12.9. The summed E-state index contributed by atoms with van der Waals surface area (Å²) in [6.07, 6.45) is -4.41. The lowest BCUT2D eigenvalue weighted by atomic mass is 10.2. The number of alkyl halides is 3. The van der Waals surface area contributed by atoms with Crippen molar-refractivity contribution in [2.75, 3.05) is 13.2 Å². The quantitative estimate of drug-likeness (QED) is 0.781. The van der Waals surface area contributed by atoms with Gasteiger partial charge in [-0.05, 0) is 39.0 Å². The highest BCUT2D eigenvalue weighted by atomic mass is 19.4. The number of benzene rings is 1. The van der Waals surface area contributed by atoms with Crippen molar-refractivity contribution in [3.63, 3.8) is 0 Å². The van der Waals surface area contributed by atoms with Gasteiger partial charge in [-0.2, -0.15) is 13.2 Å². The Kier molecular flexibility index (Phi) is 6.07. The molecule has 1 N–H and O–H groups in total. The average Bonchev–Trinajstić information content (AvgIpc) is 2.81. The second kappa shape index (κ2) is 7.90. The second-order valence-electron chi connectivity index (χ2n) is 6.08. The summed E-state index contributed by atoms with van der Waals surface area (Å²) in [6, 6.07) is 7.20. The maximum atomic E-state index is 14.1. The molecule has 0 aliphatic rings. The molecule has 0 radical (unpaired) electrons. The van der Waals surface area contributed by atoms with Gasteiger partial charge in [0.1, 0.15) is 12.4 Å². The van der Waals surface area contributed by atoms with Crippen LogP contribution >= 0.6 is 0 Å². The third kappa shape index (κ3) is 4.85. The van der Waals surface area contributed by atoms with E-state index in [1.54, 1.807) is 49.6 Å². The third-order valence-corrected chi connectivity index (χ3v) is 3.78. The summed E-state index contributed by atoms with van der Waals surface area (Å²) in [5.41, 5.74) is 1.85. The number of nitrogens with one attached hydrogen (secondary N) is 1. The van der Waals surface area contributed by atoms with E-state index in [1.165, 1.54) is 6.07 Å². The Morgan fingerprint density at radius 2 is 1.92 bits per heavy atom. The molecule has 4 nitrogen and oxygen atoms in total. The molecule has 142 valence electrons. The Morgan fingerprint density at radius 3 is 2.54 bits per heavy atom. The largest absolute Gasteiger partial charge is 0.411 e. The zero-order valence-corrected chi connectivity index (χ0v) is 14.7. The van der Waals surface area contributed by atoms with E-state index in [4.69, 9.17) is 0 Å². The van der Waals surface area contributed by atoms with Gasteiger partial charge in [0.15, 0.2) is 0 Å². The van der Waals surface area contributed by atoms with E-state index >= 15 is 0 Å². The van der Waals surface area contributed by atoms with Crippen molar-refractivity contribution in [1.29, 1.82) is 0 Å². The molecule has 2 aromatic rings. The lowest BCUT2D eigenvalue weighted by Gasteiger charge is -2.15. The Morgan fingerprint density at radius 1 is 1.27 bits per heavy atom. The van der Waals surface area contributed by atoms with Gasteiger partial charge in [0.2, 0.25) is 0 Å². The van der Waals surface area contributed by atoms with Crippen LogP contribution in [0.1, 0.15) is 28.7 Å². The highest BCUT2D eigenvalue weighted by molar-refractivity contribution is 5.96. The van der Waals surface area contributed by atoms with Crippen LogP contribution in [-0.2, 0) is 4.74 Å². The molecule has 0 fully saturated rings. The van der Waals surface area contributed by atoms with Crippen LogP contribution in [0, 0.1) is 19.7 Å². The first-order valence-electron chi connectivity index (χ1n) is 7.99. The first-order chi connectivity index (χ1) is 12.1. The van der Waals surface area contributed by atoms with Crippen molar-refractivity contribution in [2.45, 2.75) is 33.0 Å². The molecule has 1 heterocycles. The van der Waals surface area contributed by atoms with Gasteiger partial charge in [0.05, 0.1) is 17.9 Å². The number of para-hydroxylation sites is 1. The zero-order valence-electron chi connectivity index (χ0n) is 14.7. The number of aromatic nitrogens is 1. The van der Waals surface area contributed by atoms with Crippen LogP contribution in [0.25, 0.3) is 5.69 Å². The van der Waals surface area contributed by atoms with Crippen molar-refractivity contribution in [3.05, 3.63) is 53.1 Å². The van der Waals surface area contributed by atoms with Gasteiger partial charge in [0.25, 0.3) is 5.91 Å². The van der Waals surface area contributed by atoms with Gasteiger partial charge in [-0.1, -0.05) is 12.1 Å². The van der Waals surface area contributed by atoms with Gasteiger partial charge >= 0.3 is 6.18 Å². The van der Waals surface area contributed by atoms with Gasteiger partial charge < -0.3 is 14.6 Å². The monoisotopic (exact) mass is 372 g/mol. The van der Waals surface area contributed by atoms with Crippen LogP contribution in [0.3, 0.4) is 0 Å². The zero-order chi connectivity index (χ0) is 19.5. The number of ether oxygens (including phenoxy) is 1. The number of hydrogen-bond donors (Lipinski definition) is 1. The smallest absolute Gasteiger partial charge is 0.370 e. The van der Waals surface area contributed by atoms with Crippen LogP contribution in [0.5, 0.6) is 0 Å². The maximum Gasteiger partial charge on any atom is 0.411 e. The average molecular weight is 372 g/mol. The molecule has 0 spiro atoms. The van der Waals surface area contributed by atoms with Crippen LogP contribution in [-0.4, -0.2) is 35.9 Å². The highest BCUT2D eigenvalue weighted by Crippen LogP contribution is 2.23. The summed E-state index contributed by atoms with van der Waals surface area (Å²) in [5, 5.41) is 2.59. The molecular formula is C18H20F4N2O2. The molecule has 0 saturated heterocycles. The number of rotatable bonds is 6. The fourth-order valence-electron chi connectivity index (χ4n) is 2.69. The van der Waals surface area contributed by atoms with Gasteiger partial charge in [-0.15, -0.1) is 0 Å². The standard InChI is InChI=1S/C18H20F4N2O2/c1-11(9-26-10-18(20,21)22)23-17(25)14-8-12(2)24(13(14)3)16-7-5-4-6-15(16)19/h4-8,11H,9-10H2,1-3H3,(H,23,25). The number of carbonyl (C=O) groups excluding carboxylic acids is 1. The summed E-state index contributed by atoms with van der Waals surface area (Å²) >= 11 is 0. The van der Waals surface area contributed by atoms with E-state index in [2.05, 4.69) is 10.1 Å². The van der Waals surface area contributed by atoms with E-state index in [0.717, 1.165) is 0 Å². The molecule has 0 bridgehead atoms. The predicted octanol–water partition coefficient (Wildman–Crippen LogP) is 3.93. The first-order valence-corrected chi connectivity index (χ1v) is 7.99. The molecule has 1 atom stereocenters. The fourth-order valence-corrected chi connectivity index (χ4v) is 2.69. The van der Waals surface area contributed by atoms with E-state index in [9.17, 15) is 22.4 Å². The third-order valence-electron chi connectivity index (χ3n) is 3.78. The number of aryl methyl sites for hydroxylation is 1. The number of amides is 1. The van der Waals surface area contributed by atoms with Gasteiger partial charge in [-0.25, -0.2) is 4.39 Å². The molecule has 1 aromatic carbocycles. The molecule has 1 unspecified atom stereocenters. The lowest BCUT2D eigenvalue weighted by molar-refractivity contribution is -0.174. The van der Waals surface area contributed by atoms with Crippen LogP contribution in [0.15, 0.2) is 30.3 Å². The Balaban J connectivity index is 2.11. The van der Waals surface area contributed by atoms with Crippen molar-refractivity contribution in [1.82, 2.24) is 9.88 Å². The van der Waals surface area contributed by atoms with Crippen LogP contribution in [0.2, 0.25) is 0 Å². The topological polar surface area (TPSA) is 43.3 Å². The molecule has 8 heteroatoms. The molecule has 1 amide bonds. The van der Waals surface area contributed by atoms with E-state index in [0.29, 0.717) is 22.6 Å². The fraction of sp³-hybridized carbons (Fsp3) is 0.389. The minimum atomic E-state index is -4.41. The molecule has 0 aliphatic carbocycles. The predicted molar refractivity (Wildman–Crippen MR) is 89.0 cm³/mol. The molecule has 0 saturated carbocycles. The van der Waals surface area contributed by atoms with Crippen molar-refractivity contribution in [3.8, 4) is 5.69 Å².